The molecule has 0 aromatic heterocycles. The average Bonchev–Trinajstić information content (AvgIpc) is 2.51. The highest BCUT2D eigenvalue weighted by molar-refractivity contribution is 5.55. The topological polar surface area (TPSA) is 0 Å². The molecule has 0 saturated heterocycles. The van der Waals surface area contributed by atoms with Crippen molar-refractivity contribution < 1.29 is 0 Å². The van der Waals surface area contributed by atoms with Crippen LogP contribution in [-0.2, 0) is 21.7 Å². The van der Waals surface area contributed by atoms with Crippen molar-refractivity contribution in [3.8, 4) is 0 Å². The fraction of sp³-hybridized carbons (Fsp3) is 0.556. The van der Waals surface area contributed by atoms with Crippen LogP contribution in [0.2, 0.25) is 0 Å². The van der Waals surface area contributed by atoms with Crippen LogP contribution in [0.4, 0.5) is 0 Å². The van der Waals surface area contributed by atoms with Gasteiger partial charge in [0.05, 0.1) is 0 Å². The van der Waals surface area contributed by atoms with Crippen LogP contribution >= 0.6 is 0 Å². The number of hydrogen-bond acceptors (Lipinski definition) is 0. The minimum absolute atomic E-state index is 0.0414. The second kappa shape index (κ2) is 6.80. The normalized spacial score (nSPS) is 13.7. The van der Waals surface area contributed by atoms with Gasteiger partial charge in [0, 0.05) is 5.41 Å². The van der Waals surface area contributed by atoms with Gasteiger partial charge in [0.25, 0.3) is 0 Å². The van der Waals surface area contributed by atoms with Crippen LogP contribution < -0.4 is 0 Å². The van der Waals surface area contributed by atoms with E-state index in [1.54, 1.807) is 0 Å². The first-order chi connectivity index (χ1) is 12.1. The van der Waals surface area contributed by atoms with Gasteiger partial charge in [0.15, 0.2) is 0 Å². The maximum Gasteiger partial charge on any atom is 0.0149 e. The van der Waals surface area contributed by atoms with E-state index in [1.165, 1.54) is 27.8 Å². The van der Waals surface area contributed by atoms with Gasteiger partial charge in [-0.2, -0.15) is 0 Å². The molecule has 0 fully saturated rings. The van der Waals surface area contributed by atoms with Crippen molar-refractivity contribution in [2.45, 2.75) is 97.8 Å². The van der Waals surface area contributed by atoms with E-state index in [4.69, 9.17) is 0 Å². The van der Waals surface area contributed by atoms with Crippen molar-refractivity contribution in [1.29, 1.82) is 0 Å². The molecule has 0 radical (unpaired) electrons. The lowest BCUT2D eigenvalue weighted by atomic mass is 9.63. The number of benzene rings is 2. The first-order valence-electron chi connectivity index (χ1n) is 10.3. The second-order valence-corrected chi connectivity index (χ2v) is 11.7. The Kier molecular flexibility index (Phi) is 5.47. The van der Waals surface area contributed by atoms with E-state index in [0.717, 1.165) is 0 Å². The standard InChI is InChI=1S/C27H40/c1-24(2,3)20-17-18-21(27(10,11)19-15-13-12-14-16-19)23(26(7,8)9)22(20)25(4,5)6/h12-18H,1-11H3. The van der Waals surface area contributed by atoms with Crippen molar-refractivity contribution in [2.75, 3.05) is 0 Å². The average molecular weight is 365 g/mol. The lowest BCUT2D eigenvalue weighted by molar-refractivity contribution is 0.483. The molecule has 0 aliphatic rings. The molecule has 0 atom stereocenters. The fourth-order valence-corrected chi connectivity index (χ4v) is 4.32. The van der Waals surface area contributed by atoms with E-state index in [9.17, 15) is 0 Å². The minimum atomic E-state index is -0.0414. The molecule has 27 heavy (non-hydrogen) atoms. The van der Waals surface area contributed by atoms with E-state index in [0.29, 0.717) is 0 Å². The van der Waals surface area contributed by atoms with Crippen LogP contribution in [0.15, 0.2) is 42.5 Å². The molecule has 2 aromatic carbocycles. The number of rotatable bonds is 2. The van der Waals surface area contributed by atoms with Gasteiger partial charge in [-0.25, -0.2) is 0 Å². The third-order valence-electron chi connectivity index (χ3n) is 5.68. The Morgan fingerprint density at radius 2 is 0.852 bits per heavy atom. The highest BCUT2D eigenvalue weighted by Gasteiger charge is 2.37. The fourth-order valence-electron chi connectivity index (χ4n) is 4.32. The summed E-state index contributed by atoms with van der Waals surface area (Å²) in [7, 11) is 0. The van der Waals surface area contributed by atoms with Gasteiger partial charge in [-0.05, 0) is 44.1 Å². The molecule has 0 amide bonds. The molecule has 0 nitrogen and oxygen atoms in total. The molecule has 2 aromatic rings. The summed E-state index contributed by atoms with van der Waals surface area (Å²) in [5, 5.41) is 0. The monoisotopic (exact) mass is 364 g/mol. The van der Waals surface area contributed by atoms with Crippen LogP contribution in [0.3, 0.4) is 0 Å². The summed E-state index contributed by atoms with van der Waals surface area (Å²) in [4.78, 5) is 0. The minimum Gasteiger partial charge on any atom is -0.0622 e. The molecule has 0 saturated carbocycles. The Balaban J connectivity index is 2.97. The van der Waals surface area contributed by atoms with Crippen molar-refractivity contribution >= 4 is 0 Å². The summed E-state index contributed by atoms with van der Waals surface area (Å²) in [5.41, 5.74) is 7.61. The molecule has 0 spiro atoms. The molecule has 148 valence electrons. The van der Waals surface area contributed by atoms with Gasteiger partial charge in [0.2, 0.25) is 0 Å². The third kappa shape index (κ3) is 4.31. The van der Waals surface area contributed by atoms with E-state index in [2.05, 4.69) is 119 Å². The quantitative estimate of drug-likeness (QED) is 0.508. The van der Waals surface area contributed by atoms with Crippen molar-refractivity contribution in [1.82, 2.24) is 0 Å². The lowest BCUT2D eigenvalue weighted by Crippen LogP contribution is -2.33. The Labute approximate surface area is 168 Å². The first kappa shape index (κ1) is 21.7. The van der Waals surface area contributed by atoms with Crippen molar-refractivity contribution in [3.05, 3.63) is 70.3 Å². The lowest BCUT2D eigenvalue weighted by Gasteiger charge is -2.41. The Morgan fingerprint density at radius 1 is 0.444 bits per heavy atom. The van der Waals surface area contributed by atoms with Gasteiger partial charge in [-0.1, -0.05) is 119 Å². The highest BCUT2D eigenvalue weighted by Crippen LogP contribution is 2.46. The molecule has 0 aliphatic heterocycles. The van der Waals surface area contributed by atoms with E-state index >= 15 is 0 Å². The van der Waals surface area contributed by atoms with E-state index < -0.39 is 0 Å². The zero-order chi connectivity index (χ0) is 20.8. The van der Waals surface area contributed by atoms with Crippen LogP contribution in [0.1, 0.15) is 104 Å². The highest BCUT2D eigenvalue weighted by atomic mass is 14.4. The first-order valence-corrected chi connectivity index (χ1v) is 10.3. The summed E-state index contributed by atoms with van der Waals surface area (Å²) in [6, 6.07) is 15.7. The molecule has 2 rings (SSSR count). The van der Waals surface area contributed by atoms with Crippen LogP contribution in [0.25, 0.3) is 0 Å². The van der Waals surface area contributed by atoms with Gasteiger partial charge < -0.3 is 0 Å². The van der Waals surface area contributed by atoms with Crippen LogP contribution in [-0.4, -0.2) is 0 Å². The molecule has 0 bridgehead atoms. The summed E-state index contributed by atoms with van der Waals surface area (Å²) in [5.74, 6) is 0. The SMILES string of the molecule is CC(C)(C)c1ccc(C(C)(C)c2ccccc2)c(C(C)(C)C)c1C(C)(C)C. The van der Waals surface area contributed by atoms with E-state index in [-0.39, 0.29) is 21.7 Å². The Bertz CT molecular complexity index is 785. The predicted octanol–water partition coefficient (Wildman–Crippen LogP) is 7.91. The zero-order valence-electron chi connectivity index (χ0n) is 19.5. The number of hydrogen-bond donors (Lipinski definition) is 0. The predicted molar refractivity (Wildman–Crippen MR) is 121 cm³/mol. The molecule has 0 unspecified atom stereocenters. The molecular weight excluding hydrogens is 324 g/mol. The summed E-state index contributed by atoms with van der Waals surface area (Å²) in [6.45, 7) is 26.0. The van der Waals surface area contributed by atoms with Gasteiger partial charge in [-0.15, -0.1) is 0 Å². The van der Waals surface area contributed by atoms with Crippen LogP contribution in [0, 0.1) is 0 Å². The zero-order valence-corrected chi connectivity index (χ0v) is 19.5. The second-order valence-electron chi connectivity index (χ2n) is 11.7. The maximum atomic E-state index is 2.41. The van der Waals surface area contributed by atoms with Gasteiger partial charge in [-0.3, -0.25) is 0 Å². The van der Waals surface area contributed by atoms with Crippen LogP contribution in [0.5, 0.6) is 0 Å². The summed E-state index contributed by atoms with van der Waals surface area (Å²) < 4.78 is 0. The Hall–Kier alpha value is -1.56. The smallest absolute Gasteiger partial charge is 0.0149 e. The summed E-state index contributed by atoms with van der Waals surface area (Å²) in [6.07, 6.45) is 0. The molecule has 0 N–H and O–H groups in total. The third-order valence-corrected chi connectivity index (χ3v) is 5.68. The summed E-state index contributed by atoms with van der Waals surface area (Å²) >= 11 is 0. The molecule has 0 heteroatoms. The Morgan fingerprint density at radius 3 is 1.26 bits per heavy atom. The van der Waals surface area contributed by atoms with Crippen molar-refractivity contribution in [2.24, 2.45) is 0 Å². The molecular formula is C27H40. The van der Waals surface area contributed by atoms with Gasteiger partial charge in [0.1, 0.15) is 0 Å². The molecule has 0 heterocycles. The molecule has 0 aliphatic carbocycles. The maximum absolute atomic E-state index is 2.41. The van der Waals surface area contributed by atoms with Crippen molar-refractivity contribution in [3.63, 3.8) is 0 Å². The van der Waals surface area contributed by atoms with Gasteiger partial charge >= 0.3 is 0 Å². The van der Waals surface area contributed by atoms with E-state index in [1.807, 2.05) is 0 Å². The largest absolute Gasteiger partial charge is 0.0622 e.